The SMILES string of the molecule is COc1ccc2nc(N(CCC[NH+]3CCOCC3)C(=O)c3cccs3)sc2c1. The first kappa shape index (κ1) is 19.3. The van der Waals surface area contributed by atoms with E-state index in [1.54, 1.807) is 12.0 Å². The highest BCUT2D eigenvalue weighted by molar-refractivity contribution is 7.22. The summed E-state index contributed by atoms with van der Waals surface area (Å²) in [6.45, 7) is 5.44. The molecule has 1 aliphatic rings. The van der Waals surface area contributed by atoms with Crippen LogP contribution in [0.2, 0.25) is 0 Å². The van der Waals surface area contributed by atoms with Gasteiger partial charge in [-0.3, -0.25) is 9.69 Å². The highest BCUT2D eigenvalue weighted by Gasteiger charge is 2.23. The van der Waals surface area contributed by atoms with Crippen molar-refractivity contribution in [2.24, 2.45) is 0 Å². The third kappa shape index (κ3) is 4.35. The smallest absolute Gasteiger partial charge is 0.270 e. The molecule has 6 nitrogen and oxygen atoms in total. The molecule has 2 aromatic heterocycles. The van der Waals surface area contributed by atoms with Crippen LogP contribution in [0.5, 0.6) is 5.75 Å². The number of thiazole rings is 1. The van der Waals surface area contributed by atoms with Crippen LogP contribution in [0.3, 0.4) is 0 Å². The zero-order valence-electron chi connectivity index (χ0n) is 15.8. The molecule has 8 heteroatoms. The number of nitrogens with one attached hydrogen (secondary N) is 1. The number of fused-ring (bicyclic) bond motifs is 1. The minimum absolute atomic E-state index is 0.0259. The molecule has 0 radical (unpaired) electrons. The number of methoxy groups -OCH3 is 1. The van der Waals surface area contributed by atoms with Crippen LogP contribution in [0.15, 0.2) is 35.7 Å². The second-order valence-electron chi connectivity index (χ2n) is 6.73. The fourth-order valence-electron chi connectivity index (χ4n) is 3.35. The number of ether oxygens (including phenoxy) is 2. The highest BCUT2D eigenvalue weighted by Crippen LogP contribution is 2.32. The molecule has 0 spiro atoms. The fraction of sp³-hybridized carbons (Fsp3) is 0.400. The Kier molecular flexibility index (Phi) is 6.21. The first-order chi connectivity index (χ1) is 13.7. The molecule has 3 heterocycles. The van der Waals surface area contributed by atoms with Gasteiger partial charge in [-0.25, -0.2) is 4.98 Å². The van der Waals surface area contributed by atoms with Gasteiger partial charge in [-0.2, -0.15) is 0 Å². The van der Waals surface area contributed by atoms with Crippen molar-refractivity contribution >= 4 is 43.9 Å². The number of carbonyl (C=O) groups is 1. The second kappa shape index (κ2) is 9.00. The Morgan fingerprint density at radius 1 is 1.32 bits per heavy atom. The lowest BCUT2D eigenvalue weighted by atomic mass is 10.3. The Hall–Kier alpha value is -2.00. The van der Waals surface area contributed by atoms with E-state index in [-0.39, 0.29) is 5.91 Å². The van der Waals surface area contributed by atoms with E-state index in [1.165, 1.54) is 22.7 Å². The number of anilines is 1. The zero-order valence-corrected chi connectivity index (χ0v) is 17.5. The summed E-state index contributed by atoms with van der Waals surface area (Å²) in [5.74, 6) is 0.827. The van der Waals surface area contributed by atoms with Gasteiger partial charge in [0.05, 0.1) is 42.0 Å². The predicted octanol–water partition coefficient (Wildman–Crippen LogP) is 2.32. The average molecular weight is 419 g/mol. The van der Waals surface area contributed by atoms with Crippen molar-refractivity contribution in [1.82, 2.24) is 4.98 Å². The van der Waals surface area contributed by atoms with Gasteiger partial charge in [0.15, 0.2) is 5.13 Å². The maximum absolute atomic E-state index is 13.1. The van der Waals surface area contributed by atoms with Crippen molar-refractivity contribution in [3.05, 3.63) is 40.6 Å². The number of rotatable bonds is 7. The largest absolute Gasteiger partial charge is 0.497 e. The lowest BCUT2D eigenvalue weighted by Crippen LogP contribution is -3.14. The molecule has 4 rings (SSSR count). The molecule has 1 N–H and O–H groups in total. The number of morpholine rings is 1. The molecule has 148 valence electrons. The Morgan fingerprint density at radius 2 is 2.18 bits per heavy atom. The topological polar surface area (TPSA) is 56.1 Å². The van der Waals surface area contributed by atoms with Gasteiger partial charge in [-0.05, 0) is 29.6 Å². The average Bonchev–Trinajstić information content (AvgIpc) is 3.40. The molecule has 0 bridgehead atoms. The molecular formula is C20H24N3O3S2+. The van der Waals surface area contributed by atoms with Crippen molar-refractivity contribution in [1.29, 1.82) is 0 Å². The van der Waals surface area contributed by atoms with Gasteiger partial charge in [0.2, 0.25) is 0 Å². The standard InChI is InChI=1S/C20H23N3O3S2/c1-25-15-5-6-16-18(14-15)28-20(21-16)23(19(24)17-4-2-13-27-17)8-3-7-22-9-11-26-12-10-22/h2,4-6,13-14H,3,7-12H2,1H3/p+1. The van der Waals surface area contributed by atoms with Crippen molar-refractivity contribution in [3.63, 3.8) is 0 Å². The predicted molar refractivity (Wildman–Crippen MR) is 113 cm³/mol. The highest BCUT2D eigenvalue weighted by atomic mass is 32.1. The van der Waals surface area contributed by atoms with Crippen LogP contribution < -0.4 is 14.5 Å². The lowest BCUT2D eigenvalue weighted by molar-refractivity contribution is -0.908. The molecule has 3 aromatic rings. The van der Waals surface area contributed by atoms with Crippen LogP contribution in [0.1, 0.15) is 16.1 Å². The van der Waals surface area contributed by atoms with Crippen LogP contribution >= 0.6 is 22.7 Å². The van der Waals surface area contributed by atoms with Gasteiger partial charge in [-0.15, -0.1) is 11.3 Å². The van der Waals surface area contributed by atoms with Crippen molar-refractivity contribution in [3.8, 4) is 5.75 Å². The minimum Gasteiger partial charge on any atom is -0.497 e. The molecule has 0 saturated carbocycles. The number of benzene rings is 1. The summed E-state index contributed by atoms with van der Waals surface area (Å²) < 4.78 is 11.8. The molecule has 0 aliphatic carbocycles. The molecule has 1 saturated heterocycles. The number of nitrogens with zero attached hydrogens (tertiary/aromatic N) is 2. The Labute approximate surface area is 172 Å². The van der Waals surface area contributed by atoms with E-state index >= 15 is 0 Å². The fourth-order valence-corrected chi connectivity index (χ4v) is 5.04. The first-order valence-electron chi connectivity index (χ1n) is 9.46. The van der Waals surface area contributed by atoms with Gasteiger partial charge >= 0.3 is 0 Å². The van der Waals surface area contributed by atoms with Crippen molar-refractivity contribution < 1.29 is 19.2 Å². The van der Waals surface area contributed by atoms with E-state index in [0.717, 1.165) is 65.2 Å². The number of hydrogen-bond acceptors (Lipinski definition) is 6. The maximum atomic E-state index is 13.1. The van der Waals surface area contributed by atoms with Gasteiger partial charge in [-0.1, -0.05) is 17.4 Å². The van der Waals surface area contributed by atoms with Crippen LogP contribution in [0.25, 0.3) is 10.2 Å². The first-order valence-corrected chi connectivity index (χ1v) is 11.2. The van der Waals surface area contributed by atoms with Gasteiger partial charge in [0.25, 0.3) is 5.91 Å². The summed E-state index contributed by atoms with van der Waals surface area (Å²) in [5, 5.41) is 2.69. The molecule has 1 aromatic carbocycles. The summed E-state index contributed by atoms with van der Waals surface area (Å²) in [6.07, 6.45) is 0.936. The Balaban J connectivity index is 1.54. The summed E-state index contributed by atoms with van der Waals surface area (Å²) >= 11 is 3.01. The number of aromatic nitrogens is 1. The van der Waals surface area contributed by atoms with E-state index < -0.39 is 0 Å². The zero-order chi connectivity index (χ0) is 19.3. The normalized spacial score (nSPS) is 15.0. The maximum Gasteiger partial charge on any atom is 0.270 e. The number of carbonyl (C=O) groups excluding carboxylic acids is 1. The third-order valence-electron chi connectivity index (χ3n) is 4.90. The second-order valence-corrected chi connectivity index (χ2v) is 8.69. The minimum atomic E-state index is 0.0259. The van der Waals surface area contributed by atoms with E-state index in [2.05, 4.69) is 0 Å². The van der Waals surface area contributed by atoms with Gasteiger partial charge in [0, 0.05) is 13.0 Å². The summed E-state index contributed by atoms with van der Waals surface area (Å²) in [5.41, 5.74) is 0.892. The summed E-state index contributed by atoms with van der Waals surface area (Å²) in [7, 11) is 1.66. The van der Waals surface area contributed by atoms with Crippen molar-refractivity contribution in [2.75, 3.05) is 51.4 Å². The van der Waals surface area contributed by atoms with Crippen LogP contribution in [0.4, 0.5) is 5.13 Å². The van der Waals surface area contributed by atoms with E-state index in [1.807, 2.05) is 40.6 Å². The molecule has 28 heavy (non-hydrogen) atoms. The van der Waals surface area contributed by atoms with Crippen LogP contribution in [0, 0.1) is 0 Å². The van der Waals surface area contributed by atoms with Crippen LogP contribution in [-0.4, -0.2) is 57.4 Å². The third-order valence-corrected chi connectivity index (χ3v) is 6.80. The van der Waals surface area contributed by atoms with Gasteiger partial charge < -0.3 is 14.4 Å². The Bertz CT molecular complexity index is 920. The monoisotopic (exact) mass is 418 g/mol. The van der Waals surface area contributed by atoms with E-state index in [4.69, 9.17) is 14.5 Å². The Morgan fingerprint density at radius 3 is 2.93 bits per heavy atom. The molecule has 0 unspecified atom stereocenters. The van der Waals surface area contributed by atoms with Crippen molar-refractivity contribution in [2.45, 2.75) is 6.42 Å². The van der Waals surface area contributed by atoms with Gasteiger partial charge in [0.1, 0.15) is 18.8 Å². The molecule has 1 aliphatic heterocycles. The molecule has 1 amide bonds. The number of amides is 1. The summed E-state index contributed by atoms with van der Waals surface area (Å²) in [6, 6.07) is 9.61. The number of hydrogen-bond donors (Lipinski definition) is 1. The quantitative estimate of drug-likeness (QED) is 0.640. The number of thiophene rings is 1. The molecule has 0 atom stereocenters. The summed E-state index contributed by atoms with van der Waals surface area (Å²) in [4.78, 5) is 22.0. The molecule has 1 fully saturated rings. The lowest BCUT2D eigenvalue weighted by Gasteiger charge is -2.25. The van der Waals surface area contributed by atoms with E-state index in [0.29, 0.717) is 6.54 Å². The number of quaternary nitrogens is 1. The molecular weight excluding hydrogens is 394 g/mol. The van der Waals surface area contributed by atoms with E-state index in [9.17, 15) is 4.79 Å². The van der Waals surface area contributed by atoms with Crippen LogP contribution in [-0.2, 0) is 4.74 Å².